The molecule has 2 atom stereocenters. The van der Waals surface area contributed by atoms with E-state index in [1.54, 1.807) is 0 Å². The van der Waals surface area contributed by atoms with Crippen LogP contribution in [-0.2, 0) is 4.79 Å². The standard InChI is InChI=1S/C17H26N2O2/c1-13(2)17(21)18(3)16(14-7-5-4-6-8-14)12-19-10-9-15(20)11-19/h4-8,13,15-16,20H,9-12H2,1-3H3/t15-,16+/m0/s1. The topological polar surface area (TPSA) is 43.8 Å². The van der Waals surface area contributed by atoms with Crippen molar-refractivity contribution in [1.82, 2.24) is 9.80 Å². The molecule has 1 aromatic rings. The molecule has 1 N–H and O–H groups in total. The molecule has 0 saturated carbocycles. The number of benzene rings is 1. The van der Waals surface area contributed by atoms with Gasteiger partial charge in [0.15, 0.2) is 0 Å². The Kier molecular flexibility index (Phi) is 5.37. The zero-order chi connectivity index (χ0) is 15.4. The molecule has 0 bridgehead atoms. The lowest BCUT2D eigenvalue weighted by molar-refractivity contribution is -0.135. The third kappa shape index (κ3) is 4.05. The van der Waals surface area contributed by atoms with Crippen molar-refractivity contribution in [2.24, 2.45) is 5.92 Å². The number of rotatable bonds is 5. The number of aliphatic hydroxyl groups is 1. The van der Waals surface area contributed by atoms with Crippen molar-refractivity contribution in [2.75, 3.05) is 26.7 Å². The molecule has 0 spiro atoms. The third-order valence-electron chi connectivity index (χ3n) is 4.17. The fourth-order valence-electron chi connectivity index (χ4n) is 2.91. The summed E-state index contributed by atoms with van der Waals surface area (Å²) in [4.78, 5) is 16.4. The van der Waals surface area contributed by atoms with Gasteiger partial charge >= 0.3 is 0 Å². The van der Waals surface area contributed by atoms with Crippen LogP contribution in [0.2, 0.25) is 0 Å². The van der Waals surface area contributed by atoms with E-state index in [4.69, 9.17) is 0 Å². The van der Waals surface area contributed by atoms with E-state index in [0.717, 1.165) is 25.1 Å². The van der Waals surface area contributed by atoms with E-state index in [1.165, 1.54) is 0 Å². The molecule has 0 unspecified atom stereocenters. The Morgan fingerprint density at radius 2 is 2.05 bits per heavy atom. The molecule has 4 nitrogen and oxygen atoms in total. The van der Waals surface area contributed by atoms with Crippen molar-refractivity contribution in [1.29, 1.82) is 0 Å². The lowest BCUT2D eigenvalue weighted by Crippen LogP contribution is -2.40. The Bertz CT molecular complexity index is 461. The van der Waals surface area contributed by atoms with Crippen LogP contribution in [-0.4, -0.2) is 53.6 Å². The van der Waals surface area contributed by atoms with Crippen LogP contribution in [0.15, 0.2) is 30.3 Å². The summed E-state index contributed by atoms with van der Waals surface area (Å²) in [6.45, 7) is 6.23. The molecule has 116 valence electrons. The lowest BCUT2D eigenvalue weighted by Gasteiger charge is -2.33. The average Bonchev–Trinajstić information content (AvgIpc) is 2.89. The van der Waals surface area contributed by atoms with Crippen molar-refractivity contribution >= 4 is 5.91 Å². The molecule has 1 fully saturated rings. The predicted molar refractivity (Wildman–Crippen MR) is 83.9 cm³/mol. The van der Waals surface area contributed by atoms with Crippen molar-refractivity contribution in [2.45, 2.75) is 32.4 Å². The van der Waals surface area contributed by atoms with Gasteiger partial charge in [-0.25, -0.2) is 0 Å². The number of β-amino-alcohol motifs (C(OH)–C–C–N with tert-alkyl or cyclic N) is 1. The fourth-order valence-corrected chi connectivity index (χ4v) is 2.91. The first-order valence-corrected chi connectivity index (χ1v) is 7.71. The smallest absolute Gasteiger partial charge is 0.225 e. The maximum absolute atomic E-state index is 12.4. The van der Waals surface area contributed by atoms with Crippen LogP contribution in [0.1, 0.15) is 31.9 Å². The van der Waals surface area contributed by atoms with Gasteiger partial charge in [-0.3, -0.25) is 9.69 Å². The second kappa shape index (κ2) is 7.05. The summed E-state index contributed by atoms with van der Waals surface area (Å²) in [5, 5.41) is 9.70. The highest BCUT2D eigenvalue weighted by Gasteiger charge is 2.28. The molecule has 0 aromatic heterocycles. The van der Waals surface area contributed by atoms with Gasteiger partial charge in [0.25, 0.3) is 0 Å². The molecule has 1 aromatic carbocycles. The molecule has 21 heavy (non-hydrogen) atoms. The number of amides is 1. The third-order valence-corrected chi connectivity index (χ3v) is 4.17. The molecule has 0 radical (unpaired) electrons. The number of likely N-dealkylation sites (N-methyl/N-ethyl adjacent to an activating group) is 1. The Morgan fingerprint density at radius 3 is 2.57 bits per heavy atom. The zero-order valence-corrected chi connectivity index (χ0v) is 13.2. The molecule has 1 aliphatic rings. The number of nitrogens with zero attached hydrogens (tertiary/aromatic N) is 2. The van der Waals surface area contributed by atoms with Crippen LogP contribution in [0, 0.1) is 5.92 Å². The maximum atomic E-state index is 12.4. The quantitative estimate of drug-likeness (QED) is 0.901. The summed E-state index contributed by atoms with van der Waals surface area (Å²) >= 11 is 0. The lowest BCUT2D eigenvalue weighted by atomic mass is 10.0. The van der Waals surface area contributed by atoms with Crippen LogP contribution in [0.4, 0.5) is 0 Å². The van der Waals surface area contributed by atoms with Gasteiger partial charge in [-0.05, 0) is 12.0 Å². The average molecular weight is 290 g/mol. The fraction of sp³-hybridized carbons (Fsp3) is 0.588. The van der Waals surface area contributed by atoms with Crippen LogP contribution in [0.3, 0.4) is 0 Å². The summed E-state index contributed by atoms with van der Waals surface area (Å²) in [6.07, 6.45) is 0.594. The van der Waals surface area contributed by atoms with Gasteiger partial charge < -0.3 is 10.0 Å². The predicted octanol–water partition coefficient (Wildman–Crippen LogP) is 1.91. The van der Waals surface area contributed by atoms with Gasteiger partial charge in [-0.15, -0.1) is 0 Å². The van der Waals surface area contributed by atoms with E-state index >= 15 is 0 Å². The molecular weight excluding hydrogens is 264 g/mol. The number of aliphatic hydroxyl groups excluding tert-OH is 1. The highest BCUT2D eigenvalue weighted by atomic mass is 16.3. The molecular formula is C17H26N2O2. The van der Waals surface area contributed by atoms with Crippen LogP contribution in [0.5, 0.6) is 0 Å². The highest BCUT2D eigenvalue weighted by Crippen LogP contribution is 2.24. The van der Waals surface area contributed by atoms with Gasteiger partial charge in [0.1, 0.15) is 0 Å². The monoisotopic (exact) mass is 290 g/mol. The number of hydrogen-bond donors (Lipinski definition) is 1. The van der Waals surface area contributed by atoms with Gasteiger partial charge in [0.2, 0.25) is 5.91 Å². The summed E-state index contributed by atoms with van der Waals surface area (Å²) in [5.74, 6) is 0.147. The Hall–Kier alpha value is -1.39. The number of carbonyl (C=O) groups is 1. The van der Waals surface area contributed by atoms with E-state index in [2.05, 4.69) is 17.0 Å². The minimum Gasteiger partial charge on any atom is -0.392 e. The molecule has 4 heteroatoms. The Morgan fingerprint density at radius 1 is 1.38 bits per heavy atom. The van der Waals surface area contributed by atoms with Gasteiger partial charge in [0.05, 0.1) is 12.1 Å². The first-order valence-electron chi connectivity index (χ1n) is 7.71. The van der Waals surface area contributed by atoms with E-state index in [9.17, 15) is 9.90 Å². The molecule has 1 heterocycles. The maximum Gasteiger partial charge on any atom is 0.225 e. The first-order chi connectivity index (χ1) is 9.99. The molecule has 1 amide bonds. The van der Waals surface area contributed by atoms with Crippen molar-refractivity contribution in [3.05, 3.63) is 35.9 Å². The number of likely N-dealkylation sites (tertiary alicyclic amines) is 1. The van der Waals surface area contributed by atoms with E-state index in [1.807, 2.05) is 44.0 Å². The van der Waals surface area contributed by atoms with Crippen LogP contribution >= 0.6 is 0 Å². The minimum absolute atomic E-state index is 0.00891. The second-order valence-electron chi connectivity index (χ2n) is 6.23. The second-order valence-corrected chi connectivity index (χ2v) is 6.23. The van der Waals surface area contributed by atoms with E-state index < -0.39 is 0 Å². The number of hydrogen-bond acceptors (Lipinski definition) is 3. The first kappa shape index (κ1) is 16.0. The Balaban J connectivity index is 2.16. The Labute approximate surface area is 127 Å². The van der Waals surface area contributed by atoms with Gasteiger partial charge in [-0.2, -0.15) is 0 Å². The van der Waals surface area contributed by atoms with Gasteiger partial charge in [-0.1, -0.05) is 44.2 Å². The minimum atomic E-state index is -0.229. The van der Waals surface area contributed by atoms with E-state index in [0.29, 0.717) is 6.54 Å². The van der Waals surface area contributed by atoms with Crippen LogP contribution < -0.4 is 0 Å². The highest BCUT2D eigenvalue weighted by molar-refractivity contribution is 5.78. The van der Waals surface area contributed by atoms with Crippen LogP contribution in [0.25, 0.3) is 0 Å². The molecule has 2 rings (SSSR count). The zero-order valence-electron chi connectivity index (χ0n) is 13.2. The molecule has 0 aliphatic carbocycles. The largest absolute Gasteiger partial charge is 0.392 e. The normalized spacial score (nSPS) is 20.7. The van der Waals surface area contributed by atoms with Gasteiger partial charge in [0, 0.05) is 32.6 Å². The van der Waals surface area contributed by atoms with Crippen molar-refractivity contribution in [3.8, 4) is 0 Å². The molecule has 1 saturated heterocycles. The van der Waals surface area contributed by atoms with Crippen molar-refractivity contribution < 1.29 is 9.90 Å². The molecule has 1 aliphatic heterocycles. The van der Waals surface area contributed by atoms with E-state index in [-0.39, 0.29) is 24.0 Å². The summed E-state index contributed by atoms with van der Waals surface area (Å²) in [5.41, 5.74) is 1.15. The summed E-state index contributed by atoms with van der Waals surface area (Å²) < 4.78 is 0. The summed E-state index contributed by atoms with van der Waals surface area (Å²) in [7, 11) is 1.88. The number of carbonyl (C=O) groups excluding carboxylic acids is 1. The SMILES string of the molecule is CC(C)C(=O)N(C)[C@H](CN1CC[C@H](O)C1)c1ccccc1. The van der Waals surface area contributed by atoms with Crippen molar-refractivity contribution in [3.63, 3.8) is 0 Å². The summed E-state index contributed by atoms with van der Waals surface area (Å²) in [6, 6.07) is 10.2.